The van der Waals surface area contributed by atoms with Crippen molar-refractivity contribution in [3.8, 4) is 5.69 Å². The van der Waals surface area contributed by atoms with Crippen LogP contribution in [0.3, 0.4) is 0 Å². The predicted octanol–water partition coefficient (Wildman–Crippen LogP) is 3.50. The summed E-state index contributed by atoms with van der Waals surface area (Å²) in [6, 6.07) is 15.1. The van der Waals surface area contributed by atoms with Crippen LogP contribution in [0.2, 0.25) is 0 Å². The normalized spacial score (nSPS) is 13.4. The van der Waals surface area contributed by atoms with Gasteiger partial charge >= 0.3 is 35.5 Å². The fourth-order valence-corrected chi connectivity index (χ4v) is 4.39. The van der Waals surface area contributed by atoms with E-state index in [-0.39, 0.29) is 66.0 Å². The van der Waals surface area contributed by atoms with E-state index in [1.165, 1.54) is 12.1 Å². The van der Waals surface area contributed by atoms with Gasteiger partial charge in [0.05, 0.1) is 30.4 Å². The van der Waals surface area contributed by atoms with Crippen molar-refractivity contribution in [2.24, 2.45) is 0 Å². The Morgan fingerprint density at radius 2 is 1.63 bits per heavy atom. The number of carboxylic acid groups (broad SMARTS) is 1. The van der Waals surface area contributed by atoms with Crippen LogP contribution in [0.1, 0.15) is 79.3 Å². The zero-order chi connectivity index (χ0) is 27.1. The molecule has 0 aliphatic rings. The number of aliphatic carboxylic acids is 1. The summed E-state index contributed by atoms with van der Waals surface area (Å²) in [5.41, 5.74) is 3.15. The van der Waals surface area contributed by atoms with Crippen molar-refractivity contribution in [2.45, 2.75) is 70.6 Å². The zero-order valence-corrected chi connectivity index (χ0v) is 21.3. The number of aliphatic hydroxyl groups excluding tert-OH is 2. The first kappa shape index (κ1) is 31.7. The number of nitrogens with one attached hydrogen (secondary N) is 1. The summed E-state index contributed by atoms with van der Waals surface area (Å²) >= 11 is 0. The average Bonchev–Trinajstić information content (AvgIpc) is 3.23. The number of benzene rings is 2. The number of carbonyl (C=O) groups is 2. The van der Waals surface area contributed by atoms with Crippen LogP contribution in [0.5, 0.6) is 0 Å². The summed E-state index contributed by atoms with van der Waals surface area (Å²) in [7, 11) is 0. The van der Waals surface area contributed by atoms with Gasteiger partial charge in [-0.15, -0.1) is 0 Å². The Kier molecular flexibility index (Phi) is 12.1. The molecule has 0 unspecified atom stereocenters. The third-order valence-corrected chi connectivity index (χ3v) is 6.20. The Morgan fingerprint density at radius 1 is 1.00 bits per heavy atom. The second-order valence-electron chi connectivity index (χ2n) is 9.54. The van der Waals surface area contributed by atoms with Crippen molar-refractivity contribution in [3.05, 3.63) is 82.9 Å². The third-order valence-electron chi connectivity index (χ3n) is 6.20. The Morgan fingerprint density at radius 3 is 2.21 bits per heavy atom. The molecule has 10 heteroatoms. The molecule has 0 fully saturated rings. The topological polar surface area (TPSA) is 125 Å². The molecule has 1 amide bonds. The van der Waals surface area contributed by atoms with Crippen LogP contribution in [0.25, 0.3) is 5.69 Å². The number of aromatic nitrogens is 2. The Labute approximate surface area is 244 Å². The number of hydrogen-bond donors (Lipinski definition) is 4. The van der Waals surface area contributed by atoms with Gasteiger partial charge in [0.15, 0.2) is 5.69 Å². The van der Waals surface area contributed by atoms with Gasteiger partial charge in [0.25, 0.3) is 5.91 Å². The molecule has 3 atom stereocenters. The number of hydrogen-bond acceptors (Lipinski definition) is 5. The maximum atomic E-state index is 13.6. The monoisotopic (exact) mass is 535 g/mol. The molecule has 0 aliphatic carbocycles. The molecule has 3 aromatic rings. The summed E-state index contributed by atoms with van der Waals surface area (Å²) < 4.78 is 15.2. The van der Waals surface area contributed by atoms with E-state index < -0.39 is 30.4 Å². The number of amides is 1. The average molecular weight is 536 g/mol. The fraction of sp³-hybridized carbons (Fsp3) is 0.393. The Bertz CT molecular complexity index is 1200. The van der Waals surface area contributed by atoms with Crippen molar-refractivity contribution in [1.29, 1.82) is 0 Å². The molecule has 1 aromatic heterocycles. The molecule has 38 heavy (non-hydrogen) atoms. The van der Waals surface area contributed by atoms with Crippen molar-refractivity contribution < 1.29 is 29.3 Å². The SMILES string of the molecule is CC(C)c1c(C(=O)N[C@H](C)c2ccccc2)nn(-c2ccc(F)cc2)c1CC[C@@H](O)C[C@@H](O)CC(=O)O.[NaH]. The van der Waals surface area contributed by atoms with Gasteiger partial charge in [0.2, 0.25) is 0 Å². The quantitative estimate of drug-likeness (QED) is 0.263. The first-order valence-corrected chi connectivity index (χ1v) is 12.4. The molecule has 1 heterocycles. The summed E-state index contributed by atoms with van der Waals surface area (Å²) in [5.74, 6) is -1.98. The van der Waals surface area contributed by atoms with Crippen LogP contribution < -0.4 is 5.32 Å². The molecule has 200 valence electrons. The number of carboxylic acids is 1. The van der Waals surface area contributed by atoms with E-state index in [4.69, 9.17) is 5.11 Å². The molecule has 0 bridgehead atoms. The van der Waals surface area contributed by atoms with E-state index in [0.717, 1.165) is 5.56 Å². The molecule has 4 N–H and O–H groups in total. The minimum absolute atomic E-state index is 0. The van der Waals surface area contributed by atoms with E-state index in [0.29, 0.717) is 23.4 Å². The van der Waals surface area contributed by atoms with E-state index >= 15 is 0 Å². The van der Waals surface area contributed by atoms with Crippen molar-refractivity contribution in [1.82, 2.24) is 15.1 Å². The van der Waals surface area contributed by atoms with Gasteiger partial charge in [0, 0.05) is 11.3 Å². The van der Waals surface area contributed by atoms with E-state index in [9.17, 15) is 24.2 Å². The number of halogens is 1. The zero-order valence-electron chi connectivity index (χ0n) is 21.3. The van der Waals surface area contributed by atoms with Gasteiger partial charge < -0.3 is 20.6 Å². The molecular formula is C28H35FN3NaO5. The second kappa shape index (κ2) is 14.6. The van der Waals surface area contributed by atoms with Crippen LogP contribution in [-0.4, -0.2) is 78.7 Å². The number of aliphatic hydroxyl groups is 2. The van der Waals surface area contributed by atoms with Gasteiger partial charge in [-0.25, -0.2) is 9.07 Å². The third kappa shape index (κ3) is 8.47. The summed E-state index contributed by atoms with van der Waals surface area (Å²) in [4.78, 5) is 24.2. The van der Waals surface area contributed by atoms with Gasteiger partial charge in [-0.2, -0.15) is 5.10 Å². The first-order valence-electron chi connectivity index (χ1n) is 12.4. The second-order valence-corrected chi connectivity index (χ2v) is 9.54. The molecule has 0 spiro atoms. The van der Waals surface area contributed by atoms with E-state index in [1.807, 2.05) is 51.1 Å². The summed E-state index contributed by atoms with van der Waals surface area (Å²) in [6.45, 7) is 5.78. The van der Waals surface area contributed by atoms with Crippen molar-refractivity contribution in [3.63, 3.8) is 0 Å². The predicted molar refractivity (Wildman–Crippen MR) is 144 cm³/mol. The maximum absolute atomic E-state index is 13.6. The first-order chi connectivity index (χ1) is 17.6. The van der Waals surface area contributed by atoms with Gasteiger partial charge in [-0.05, 0) is 61.9 Å². The van der Waals surface area contributed by atoms with Crippen molar-refractivity contribution >= 4 is 41.4 Å². The van der Waals surface area contributed by atoms with Crippen molar-refractivity contribution in [2.75, 3.05) is 0 Å². The molecule has 0 aliphatic heterocycles. The molecule has 3 rings (SSSR count). The van der Waals surface area contributed by atoms with E-state index in [2.05, 4.69) is 10.4 Å². The molecule has 2 aromatic carbocycles. The number of carbonyl (C=O) groups excluding carboxylic acids is 1. The molecule has 8 nitrogen and oxygen atoms in total. The molecule has 0 radical (unpaired) electrons. The van der Waals surface area contributed by atoms with Crippen LogP contribution >= 0.6 is 0 Å². The molecule has 0 saturated carbocycles. The fourth-order valence-electron chi connectivity index (χ4n) is 4.39. The Hall–Kier alpha value is -2.56. The summed E-state index contributed by atoms with van der Waals surface area (Å²) in [5, 5.41) is 36.9. The van der Waals surface area contributed by atoms with Crippen LogP contribution in [0.15, 0.2) is 54.6 Å². The van der Waals surface area contributed by atoms with Gasteiger partial charge in [-0.1, -0.05) is 44.2 Å². The molecule has 0 saturated heterocycles. The van der Waals surface area contributed by atoms with Gasteiger partial charge in [0.1, 0.15) is 5.82 Å². The van der Waals surface area contributed by atoms with Crippen LogP contribution in [-0.2, 0) is 11.2 Å². The standard InChI is InChI=1S/C28H34FN3O5.Na.H/c1-17(2)26-24(14-13-22(33)15-23(34)16-25(35)36)32(21-11-9-20(29)10-12-21)31-27(26)28(37)30-18(3)19-7-5-4-6-8-19;;/h4-12,17-18,22-23,33-34H,13-16H2,1-3H3,(H,30,37)(H,35,36);;/t18-,22-,23-;;/m1../s1. The van der Waals surface area contributed by atoms with E-state index in [1.54, 1.807) is 16.8 Å². The number of nitrogens with zero attached hydrogens (tertiary/aromatic N) is 2. The van der Waals surface area contributed by atoms with Gasteiger partial charge in [-0.3, -0.25) is 9.59 Å². The Balaban J connectivity index is 0.00000507. The minimum atomic E-state index is -1.17. The number of rotatable bonds is 12. The molecular weight excluding hydrogens is 500 g/mol. The summed E-state index contributed by atoms with van der Waals surface area (Å²) in [6.07, 6.45) is -2.14. The van der Waals surface area contributed by atoms with Crippen LogP contribution in [0, 0.1) is 5.82 Å². The van der Waals surface area contributed by atoms with Crippen LogP contribution in [0.4, 0.5) is 4.39 Å².